The van der Waals surface area contributed by atoms with Crippen LogP contribution < -0.4 is 20.5 Å². The molecular weight excluding hydrogens is 352 g/mol. The number of ether oxygens (including phenoxy) is 2. The molecule has 0 radical (unpaired) electrons. The molecule has 1 saturated carbocycles. The van der Waals surface area contributed by atoms with E-state index < -0.39 is 5.91 Å². The van der Waals surface area contributed by atoms with E-state index in [-0.39, 0.29) is 11.8 Å². The smallest absolute Gasteiger partial charge is 0.256 e. The van der Waals surface area contributed by atoms with Crippen LogP contribution in [-0.2, 0) is 4.79 Å². The molecule has 0 unspecified atom stereocenters. The highest BCUT2D eigenvalue weighted by molar-refractivity contribution is 8.04. The quantitative estimate of drug-likeness (QED) is 0.849. The van der Waals surface area contributed by atoms with Crippen molar-refractivity contribution in [3.63, 3.8) is 0 Å². The molecule has 6 nitrogen and oxygen atoms in total. The first kappa shape index (κ1) is 17.3. The lowest BCUT2D eigenvalue weighted by molar-refractivity contribution is -0.115. The van der Waals surface area contributed by atoms with Gasteiger partial charge in [-0.05, 0) is 31.0 Å². The van der Waals surface area contributed by atoms with Crippen LogP contribution in [-0.4, -0.2) is 30.3 Å². The lowest BCUT2D eigenvalue weighted by atomic mass is 9.91. The fourth-order valence-electron chi connectivity index (χ4n) is 3.88. The maximum absolute atomic E-state index is 12.7. The molecule has 3 aliphatic rings. The van der Waals surface area contributed by atoms with Crippen molar-refractivity contribution in [1.82, 2.24) is 5.32 Å². The first-order valence-electron chi connectivity index (χ1n) is 9.05. The number of hydrogen-bond acceptors (Lipinski definition) is 5. The highest BCUT2D eigenvalue weighted by atomic mass is 32.2. The molecule has 2 heterocycles. The molecule has 1 fully saturated rings. The van der Waals surface area contributed by atoms with Crippen LogP contribution >= 0.6 is 11.8 Å². The second kappa shape index (κ2) is 7.23. The van der Waals surface area contributed by atoms with Gasteiger partial charge in [-0.1, -0.05) is 19.3 Å². The van der Waals surface area contributed by atoms with Gasteiger partial charge in [-0.15, -0.1) is 11.8 Å². The van der Waals surface area contributed by atoms with E-state index in [4.69, 9.17) is 15.2 Å². The monoisotopic (exact) mass is 374 g/mol. The van der Waals surface area contributed by atoms with E-state index in [0.717, 1.165) is 25.7 Å². The van der Waals surface area contributed by atoms with E-state index in [9.17, 15) is 9.59 Å². The number of thioether (sulfide) groups is 1. The third-order valence-corrected chi connectivity index (χ3v) is 6.56. The number of benzene rings is 1. The lowest BCUT2D eigenvalue weighted by Gasteiger charge is -2.18. The number of fused-ring (bicyclic) bond motifs is 2. The molecule has 26 heavy (non-hydrogen) atoms. The predicted octanol–water partition coefficient (Wildman–Crippen LogP) is 2.58. The van der Waals surface area contributed by atoms with Crippen LogP contribution in [0.2, 0.25) is 0 Å². The Balaban J connectivity index is 1.56. The first-order chi connectivity index (χ1) is 12.6. The summed E-state index contributed by atoms with van der Waals surface area (Å²) in [5.74, 6) is 0.666. The minimum absolute atomic E-state index is 0.149. The lowest BCUT2D eigenvalue weighted by Crippen LogP contribution is -2.27. The molecule has 2 atom stereocenters. The minimum atomic E-state index is -0.427. The topological polar surface area (TPSA) is 90.7 Å². The molecule has 1 aromatic carbocycles. The molecular formula is C19H22N2O4S. The molecule has 1 aromatic rings. The summed E-state index contributed by atoms with van der Waals surface area (Å²) in [6.45, 7) is 0.973. The fraction of sp³-hybridized carbons (Fsp3) is 0.474. The highest BCUT2D eigenvalue weighted by Crippen LogP contribution is 2.47. The summed E-state index contributed by atoms with van der Waals surface area (Å²) < 4.78 is 11.0. The molecule has 0 saturated heterocycles. The first-order valence-corrected chi connectivity index (χ1v) is 9.93. The van der Waals surface area contributed by atoms with Gasteiger partial charge in [-0.2, -0.15) is 0 Å². The number of carbonyl (C=O) groups excluding carboxylic acids is 2. The third kappa shape index (κ3) is 3.28. The van der Waals surface area contributed by atoms with Gasteiger partial charge in [0.15, 0.2) is 11.5 Å². The molecule has 2 aliphatic heterocycles. The molecule has 4 rings (SSSR count). The fourth-order valence-corrected chi connectivity index (χ4v) is 5.43. The van der Waals surface area contributed by atoms with Crippen LogP contribution in [0.25, 0.3) is 0 Å². The van der Waals surface area contributed by atoms with Crippen molar-refractivity contribution in [1.29, 1.82) is 0 Å². The zero-order chi connectivity index (χ0) is 18.1. The maximum Gasteiger partial charge on any atom is 0.256 e. The van der Waals surface area contributed by atoms with Crippen molar-refractivity contribution in [2.75, 3.05) is 13.2 Å². The Hall–Kier alpha value is -2.15. The SMILES string of the molecule is NC(=O)C1=C(NC(=O)c2ccc3c(c2)OCCO3)S[C@@H]2CCCCC[C@@H]12. The summed E-state index contributed by atoms with van der Waals surface area (Å²) in [4.78, 5) is 24.8. The Morgan fingerprint density at radius 1 is 1.08 bits per heavy atom. The number of hydrogen-bond donors (Lipinski definition) is 2. The Morgan fingerprint density at radius 3 is 2.65 bits per heavy atom. The van der Waals surface area contributed by atoms with Crippen molar-refractivity contribution in [2.45, 2.75) is 37.4 Å². The van der Waals surface area contributed by atoms with Crippen molar-refractivity contribution in [3.05, 3.63) is 34.4 Å². The second-order valence-corrected chi connectivity index (χ2v) is 8.07. The average molecular weight is 374 g/mol. The third-order valence-electron chi connectivity index (χ3n) is 5.13. The number of nitrogens with two attached hydrogens (primary N) is 1. The van der Waals surface area contributed by atoms with Crippen LogP contribution in [0.15, 0.2) is 28.8 Å². The van der Waals surface area contributed by atoms with Crippen LogP contribution in [0.1, 0.15) is 42.5 Å². The van der Waals surface area contributed by atoms with Gasteiger partial charge in [-0.25, -0.2) is 0 Å². The molecule has 1 aliphatic carbocycles. The van der Waals surface area contributed by atoms with E-state index in [0.29, 0.717) is 46.1 Å². The number of carbonyl (C=O) groups is 2. The number of amides is 2. The van der Waals surface area contributed by atoms with E-state index in [1.165, 1.54) is 6.42 Å². The van der Waals surface area contributed by atoms with Gasteiger partial charge in [0.2, 0.25) is 5.91 Å². The predicted molar refractivity (Wildman–Crippen MR) is 99.1 cm³/mol. The molecule has 0 spiro atoms. The van der Waals surface area contributed by atoms with Crippen LogP contribution in [0, 0.1) is 5.92 Å². The Labute approximate surface area is 156 Å². The molecule has 2 amide bonds. The number of nitrogens with one attached hydrogen (secondary N) is 1. The molecule has 0 aromatic heterocycles. The van der Waals surface area contributed by atoms with Gasteiger partial charge >= 0.3 is 0 Å². The summed E-state index contributed by atoms with van der Waals surface area (Å²) >= 11 is 1.59. The Morgan fingerprint density at radius 2 is 1.85 bits per heavy atom. The van der Waals surface area contributed by atoms with Gasteiger partial charge in [0, 0.05) is 16.7 Å². The zero-order valence-corrected chi connectivity index (χ0v) is 15.3. The summed E-state index contributed by atoms with van der Waals surface area (Å²) in [5, 5.41) is 3.87. The Bertz CT molecular complexity index is 777. The van der Waals surface area contributed by atoms with E-state index in [1.54, 1.807) is 30.0 Å². The normalized spacial score (nSPS) is 24.6. The van der Waals surface area contributed by atoms with Gasteiger partial charge in [-0.3, -0.25) is 9.59 Å². The second-order valence-electron chi connectivity index (χ2n) is 6.82. The van der Waals surface area contributed by atoms with E-state index in [1.807, 2.05) is 0 Å². The van der Waals surface area contributed by atoms with Gasteiger partial charge in [0.1, 0.15) is 13.2 Å². The molecule has 3 N–H and O–H groups in total. The van der Waals surface area contributed by atoms with Crippen LogP contribution in [0.3, 0.4) is 0 Å². The summed E-state index contributed by atoms with van der Waals surface area (Å²) in [6.07, 6.45) is 5.46. The van der Waals surface area contributed by atoms with E-state index >= 15 is 0 Å². The summed E-state index contributed by atoms with van der Waals surface area (Å²) in [5.41, 5.74) is 6.71. The van der Waals surface area contributed by atoms with Gasteiger partial charge in [0.25, 0.3) is 5.91 Å². The zero-order valence-electron chi connectivity index (χ0n) is 14.5. The van der Waals surface area contributed by atoms with Crippen molar-refractivity contribution < 1.29 is 19.1 Å². The summed E-state index contributed by atoms with van der Waals surface area (Å²) in [7, 11) is 0. The van der Waals surface area contributed by atoms with Crippen LogP contribution in [0.4, 0.5) is 0 Å². The Kier molecular flexibility index (Phi) is 4.80. The minimum Gasteiger partial charge on any atom is -0.486 e. The van der Waals surface area contributed by atoms with E-state index in [2.05, 4.69) is 5.32 Å². The number of rotatable bonds is 3. The van der Waals surface area contributed by atoms with Crippen LogP contribution in [0.5, 0.6) is 11.5 Å². The van der Waals surface area contributed by atoms with Gasteiger partial charge < -0.3 is 20.5 Å². The van der Waals surface area contributed by atoms with Crippen molar-refractivity contribution in [2.24, 2.45) is 11.7 Å². The number of primary amides is 1. The van der Waals surface area contributed by atoms with Gasteiger partial charge in [0.05, 0.1) is 10.6 Å². The standard InChI is InChI=1S/C19H22N2O4S/c20-17(22)16-12-4-2-1-3-5-15(12)26-19(16)21-18(23)11-6-7-13-14(10-11)25-9-8-24-13/h6-7,10,12,15H,1-5,8-9H2,(H2,20,22)(H,21,23)/t12-,15-/m1/s1. The average Bonchev–Trinajstić information content (AvgIpc) is 2.82. The maximum atomic E-state index is 12.7. The molecule has 138 valence electrons. The molecule has 7 heteroatoms. The highest BCUT2D eigenvalue weighted by Gasteiger charge is 2.39. The van der Waals surface area contributed by atoms with Crippen molar-refractivity contribution in [3.8, 4) is 11.5 Å². The molecule has 0 bridgehead atoms. The largest absolute Gasteiger partial charge is 0.486 e. The van der Waals surface area contributed by atoms with Crippen molar-refractivity contribution >= 4 is 23.6 Å². The summed E-state index contributed by atoms with van der Waals surface area (Å²) in [6, 6.07) is 5.11.